The maximum atomic E-state index is 14.0. The lowest BCUT2D eigenvalue weighted by atomic mass is 10.0. The van der Waals surface area contributed by atoms with Gasteiger partial charge in [-0.05, 0) is 36.8 Å². The van der Waals surface area contributed by atoms with Gasteiger partial charge < -0.3 is 10.2 Å². The lowest BCUT2D eigenvalue weighted by molar-refractivity contribution is -0.140. The molecule has 1 N–H and O–H groups in total. The number of nitrogens with zero attached hydrogens (tertiary/aromatic N) is 2. The zero-order valence-electron chi connectivity index (χ0n) is 21.2. The Labute approximate surface area is 248 Å². The molecule has 12 heteroatoms. The highest BCUT2D eigenvalue weighted by Crippen LogP contribution is 2.34. The molecule has 2 amide bonds. The molecule has 0 saturated heterocycles. The molecule has 0 aliphatic heterocycles. The molecule has 3 aromatic carbocycles. The van der Waals surface area contributed by atoms with Crippen molar-refractivity contribution in [1.29, 1.82) is 0 Å². The van der Waals surface area contributed by atoms with Crippen molar-refractivity contribution in [2.24, 2.45) is 0 Å². The van der Waals surface area contributed by atoms with Gasteiger partial charge in [-0.15, -0.1) is 0 Å². The molecule has 0 aliphatic carbocycles. The lowest BCUT2D eigenvalue weighted by Crippen LogP contribution is -2.53. The van der Waals surface area contributed by atoms with Gasteiger partial charge in [0.15, 0.2) is 0 Å². The van der Waals surface area contributed by atoms with Crippen molar-refractivity contribution in [3.63, 3.8) is 0 Å². The van der Waals surface area contributed by atoms with Crippen LogP contribution in [0.15, 0.2) is 66.7 Å². The fourth-order valence-electron chi connectivity index (χ4n) is 3.98. The second-order valence-corrected chi connectivity index (χ2v) is 12.2. The SMILES string of the molecule is CCNC(=O)[C@@H](Cc1ccccc1)N(Cc1c(Cl)cccc1Cl)C(=O)CN(c1cccc(Cl)c1Cl)S(C)(=O)=O. The van der Waals surface area contributed by atoms with Crippen molar-refractivity contribution < 1.29 is 18.0 Å². The Morgan fingerprint density at radius 1 is 0.872 bits per heavy atom. The van der Waals surface area contributed by atoms with E-state index in [9.17, 15) is 18.0 Å². The van der Waals surface area contributed by atoms with Crippen LogP contribution in [0.2, 0.25) is 20.1 Å². The van der Waals surface area contributed by atoms with Crippen molar-refractivity contribution in [2.45, 2.75) is 25.9 Å². The van der Waals surface area contributed by atoms with Gasteiger partial charge in [-0.3, -0.25) is 13.9 Å². The van der Waals surface area contributed by atoms with Gasteiger partial charge in [-0.2, -0.15) is 0 Å². The van der Waals surface area contributed by atoms with Gasteiger partial charge in [0.05, 0.1) is 22.0 Å². The van der Waals surface area contributed by atoms with E-state index < -0.39 is 34.4 Å². The monoisotopic (exact) mass is 629 g/mol. The second kappa shape index (κ2) is 13.7. The molecule has 0 aliphatic rings. The molecule has 208 valence electrons. The molecule has 0 radical (unpaired) electrons. The summed E-state index contributed by atoms with van der Waals surface area (Å²) in [5, 5.41) is 3.48. The zero-order chi connectivity index (χ0) is 28.7. The molecule has 1 atom stereocenters. The number of rotatable bonds is 11. The summed E-state index contributed by atoms with van der Waals surface area (Å²) in [6, 6.07) is 17.6. The fourth-order valence-corrected chi connectivity index (χ4v) is 5.80. The second-order valence-electron chi connectivity index (χ2n) is 8.66. The number of carbonyl (C=O) groups is 2. The summed E-state index contributed by atoms with van der Waals surface area (Å²) in [6.45, 7) is 1.30. The quantitative estimate of drug-likeness (QED) is 0.288. The zero-order valence-corrected chi connectivity index (χ0v) is 25.0. The third-order valence-corrected chi connectivity index (χ3v) is 8.53. The molecule has 0 unspecified atom stereocenters. The molecule has 0 spiro atoms. The van der Waals surface area contributed by atoms with Crippen LogP contribution in [0.3, 0.4) is 0 Å². The average Bonchev–Trinajstić information content (AvgIpc) is 2.88. The number of sulfonamides is 1. The van der Waals surface area contributed by atoms with Gasteiger partial charge in [0.25, 0.3) is 0 Å². The number of benzene rings is 3. The Bertz CT molecular complexity index is 1420. The van der Waals surface area contributed by atoms with Crippen LogP contribution in [0.5, 0.6) is 0 Å². The standard InChI is InChI=1S/C27H27Cl4N3O4S/c1-3-32-27(36)24(15-18-9-5-4-6-10-18)33(16-19-20(28)11-7-12-21(19)29)25(35)17-34(39(2,37)38)23-14-8-13-22(30)26(23)31/h4-14,24H,3,15-17H2,1-2H3,(H,32,36)/t24-/m1/s1. The molecule has 0 aromatic heterocycles. The first-order valence-electron chi connectivity index (χ1n) is 11.9. The van der Waals surface area contributed by atoms with Crippen LogP contribution in [0.4, 0.5) is 5.69 Å². The van der Waals surface area contributed by atoms with Crippen molar-refractivity contribution in [3.8, 4) is 0 Å². The molecule has 0 saturated carbocycles. The van der Waals surface area contributed by atoms with Crippen LogP contribution >= 0.6 is 46.4 Å². The Kier molecular flexibility index (Phi) is 10.9. The maximum absolute atomic E-state index is 14.0. The first-order chi connectivity index (χ1) is 18.4. The van der Waals surface area contributed by atoms with Crippen molar-refractivity contribution >= 4 is 73.9 Å². The van der Waals surface area contributed by atoms with Crippen LogP contribution in [-0.4, -0.2) is 50.5 Å². The van der Waals surface area contributed by atoms with Crippen LogP contribution < -0.4 is 9.62 Å². The van der Waals surface area contributed by atoms with Crippen LogP contribution in [0.1, 0.15) is 18.1 Å². The number of anilines is 1. The molecule has 3 aromatic rings. The largest absolute Gasteiger partial charge is 0.355 e. The molecule has 0 bridgehead atoms. The third kappa shape index (κ3) is 8.02. The van der Waals surface area contributed by atoms with Crippen molar-refractivity contribution in [3.05, 3.63) is 97.9 Å². The predicted octanol–water partition coefficient (Wildman–Crippen LogP) is 5.84. The topological polar surface area (TPSA) is 86.8 Å². The Balaban J connectivity index is 2.11. The number of hydrogen-bond acceptors (Lipinski definition) is 4. The van der Waals surface area contributed by atoms with Crippen LogP contribution in [0.25, 0.3) is 0 Å². The smallest absolute Gasteiger partial charge is 0.244 e. The highest BCUT2D eigenvalue weighted by Gasteiger charge is 2.34. The van der Waals surface area contributed by atoms with Crippen molar-refractivity contribution in [2.75, 3.05) is 23.7 Å². The minimum absolute atomic E-state index is 0.0253. The van der Waals surface area contributed by atoms with E-state index in [1.807, 2.05) is 30.3 Å². The summed E-state index contributed by atoms with van der Waals surface area (Å²) >= 11 is 25.3. The van der Waals surface area contributed by atoms with E-state index in [4.69, 9.17) is 46.4 Å². The van der Waals surface area contributed by atoms with Gasteiger partial charge in [0.2, 0.25) is 21.8 Å². The van der Waals surface area contributed by atoms with E-state index in [-0.39, 0.29) is 28.7 Å². The first-order valence-corrected chi connectivity index (χ1v) is 15.3. The summed E-state index contributed by atoms with van der Waals surface area (Å²) in [6.07, 6.45) is 1.12. The third-order valence-electron chi connectivity index (χ3n) is 5.89. The van der Waals surface area contributed by atoms with E-state index in [0.717, 1.165) is 16.1 Å². The number of nitrogens with one attached hydrogen (secondary N) is 1. The van der Waals surface area contributed by atoms with Gasteiger partial charge in [0, 0.05) is 35.1 Å². The number of likely N-dealkylation sites (N-methyl/N-ethyl adjacent to an activating group) is 1. The van der Waals surface area contributed by atoms with Gasteiger partial charge >= 0.3 is 0 Å². The minimum atomic E-state index is -4.00. The van der Waals surface area contributed by atoms with Crippen LogP contribution in [-0.2, 0) is 32.6 Å². The molecular formula is C27H27Cl4N3O4S. The van der Waals surface area contributed by atoms with Crippen molar-refractivity contribution in [1.82, 2.24) is 10.2 Å². The average molecular weight is 631 g/mol. The maximum Gasteiger partial charge on any atom is 0.244 e. The number of amides is 2. The molecule has 39 heavy (non-hydrogen) atoms. The van der Waals surface area contributed by atoms with E-state index >= 15 is 0 Å². The molecule has 0 fully saturated rings. The van der Waals surface area contributed by atoms with E-state index in [1.165, 1.54) is 23.1 Å². The van der Waals surface area contributed by atoms with Gasteiger partial charge in [0.1, 0.15) is 12.6 Å². The first kappa shape index (κ1) is 31.0. The fraction of sp³-hybridized carbons (Fsp3) is 0.259. The Hall–Kier alpha value is -2.49. The van der Waals surface area contributed by atoms with E-state index in [2.05, 4.69) is 5.32 Å². The summed E-state index contributed by atoms with van der Waals surface area (Å²) in [7, 11) is -4.00. The molecule has 0 heterocycles. The summed E-state index contributed by atoms with van der Waals surface area (Å²) in [5.74, 6) is -1.08. The Morgan fingerprint density at radius 3 is 2.05 bits per heavy atom. The highest BCUT2D eigenvalue weighted by molar-refractivity contribution is 7.92. The summed E-state index contributed by atoms with van der Waals surface area (Å²) in [4.78, 5) is 28.7. The van der Waals surface area contributed by atoms with E-state index in [1.54, 1.807) is 25.1 Å². The van der Waals surface area contributed by atoms with Gasteiger partial charge in [-0.1, -0.05) is 88.9 Å². The minimum Gasteiger partial charge on any atom is -0.355 e. The summed E-state index contributed by atoms with van der Waals surface area (Å²) in [5.41, 5.74) is 1.26. The normalized spacial score (nSPS) is 12.1. The van der Waals surface area contributed by atoms with Crippen LogP contribution in [0, 0.1) is 0 Å². The highest BCUT2D eigenvalue weighted by atomic mass is 35.5. The van der Waals surface area contributed by atoms with E-state index in [0.29, 0.717) is 22.2 Å². The molecular weight excluding hydrogens is 604 g/mol. The Morgan fingerprint density at radius 2 is 1.46 bits per heavy atom. The van der Waals surface area contributed by atoms with Gasteiger partial charge in [-0.25, -0.2) is 8.42 Å². The lowest BCUT2D eigenvalue weighted by Gasteiger charge is -2.34. The number of hydrogen-bond donors (Lipinski definition) is 1. The number of carbonyl (C=O) groups excluding carboxylic acids is 2. The summed E-state index contributed by atoms with van der Waals surface area (Å²) < 4.78 is 26.6. The number of halogens is 4. The molecule has 7 nitrogen and oxygen atoms in total. The predicted molar refractivity (Wildman–Crippen MR) is 158 cm³/mol. The molecule has 3 rings (SSSR count).